The molecule has 2 heteroatoms. The molecule has 0 saturated heterocycles. The quantitative estimate of drug-likeness (QED) is 0.633. The molecule has 0 saturated carbocycles. The Morgan fingerprint density at radius 1 is 1.21 bits per heavy atom. The van der Waals surface area contributed by atoms with E-state index in [1.165, 1.54) is 6.07 Å². The average molecular weight is 194 g/mol. The van der Waals surface area contributed by atoms with Gasteiger partial charge in [-0.25, -0.2) is 8.78 Å². The largest absolute Gasteiger partial charge is 0.207 e. The maximum atomic E-state index is 13.1. The second-order valence-electron chi connectivity index (χ2n) is 2.94. The number of hydrogen-bond donors (Lipinski definition) is 0. The first-order valence-corrected chi connectivity index (χ1v) is 4.63. The minimum Gasteiger partial charge on any atom is -0.207 e. The molecule has 0 amide bonds. The van der Waals surface area contributed by atoms with Crippen molar-refractivity contribution in [2.24, 2.45) is 0 Å². The van der Waals surface area contributed by atoms with Crippen LogP contribution in [0.1, 0.15) is 25.3 Å². The van der Waals surface area contributed by atoms with Gasteiger partial charge in [-0.15, -0.1) is 11.8 Å². The second kappa shape index (κ2) is 5.39. The van der Waals surface area contributed by atoms with Crippen molar-refractivity contribution >= 4 is 0 Å². The van der Waals surface area contributed by atoms with Crippen molar-refractivity contribution in [1.82, 2.24) is 0 Å². The normalized spacial score (nSPS) is 9.36. The van der Waals surface area contributed by atoms with Gasteiger partial charge >= 0.3 is 0 Å². The fourth-order valence-corrected chi connectivity index (χ4v) is 1.15. The van der Waals surface area contributed by atoms with E-state index in [9.17, 15) is 8.78 Å². The summed E-state index contributed by atoms with van der Waals surface area (Å²) in [5, 5.41) is 0. The van der Waals surface area contributed by atoms with Gasteiger partial charge in [0.2, 0.25) is 0 Å². The molecule has 74 valence electrons. The van der Waals surface area contributed by atoms with Gasteiger partial charge in [-0.2, -0.15) is 0 Å². The zero-order valence-electron chi connectivity index (χ0n) is 8.11. The van der Waals surface area contributed by atoms with Gasteiger partial charge in [-0.1, -0.05) is 6.92 Å². The molecule has 0 radical (unpaired) electrons. The molecule has 14 heavy (non-hydrogen) atoms. The van der Waals surface area contributed by atoms with Gasteiger partial charge < -0.3 is 0 Å². The van der Waals surface area contributed by atoms with Gasteiger partial charge in [0.05, 0.1) is 0 Å². The van der Waals surface area contributed by atoms with Crippen LogP contribution in [0, 0.1) is 23.5 Å². The van der Waals surface area contributed by atoms with Gasteiger partial charge in [0, 0.05) is 12.8 Å². The molecule has 0 spiro atoms. The molecule has 0 fully saturated rings. The molecule has 0 unspecified atom stereocenters. The van der Waals surface area contributed by atoms with Gasteiger partial charge in [0.25, 0.3) is 0 Å². The predicted octanol–water partition coefficient (Wildman–Crippen LogP) is 3.31. The first-order chi connectivity index (χ1) is 6.74. The number of hydrogen-bond acceptors (Lipinski definition) is 0. The fourth-order valence-electron chi connectivity index (χ4n) is 1.15. The highest BCUT2D eigenvalue weighted by Gasteiger charge is 2.01. The van der Waals surface area contributed by atoms with Gasteiger partial charge in [-0.05, 0) is 30.2 Å². The van der Waals surface area contributed by atoms with Crippen LogP contribution in [0.25, 0.3) is 0 Å². The maximum absolute atomic E-state index is 13.1. The van der Waals surface area contributed by atoms with E-state index in [0.717, 1.165) is 18.6 Å². The molecule has 0 N–H and O–H groups in total. The molecule has 1 aromatic rings. The monoisotopic (exact) mass is 194 g/mol. The fraction of sp³-hybridized carbons (Fsp3) is 0.333. The Hall–Kier alpha value is -1.36. The van der Waals surface area contributed by atoms with Gasteiger partial charge in [0.1, 0.15) is 11.6 Å². The van der Waals surface area contributed by atoms with Crippen molar-refractivity contribution in [2.75, 3.05) is 0 Å². The summed E-state index contributed by atoms with van der Waals surface area (Å²) >= 11 is 0. The summed E-state index contributed by atoms with van der Waals surface area (Å²) in [7, 11) is 0. The van der Waals surface area contributed by atoms with E-state index in [1.807, 2.05) is 6.92 Å². The molecular formula is C12H12F2. The Kier molecular flexibility index (Phi) is 4.12. The molecule has 0 heterocycles. The first kappa shape index (κ1) is 10.7. The summed E-state index contributed by atoms with van der Waals surface area (Å²) in [5.74, 6) is 5.02. The van der Waals surface area contributed by atoms with Gasteiger partial charge in [-0.3, -0.25) is 0 Å². The van der Waals surface area contributed by atoms with Crippen molar-refractivity contribution in [3.8, 4) is 11.8 Å². The molecule has 0 aromatic heterocycles. The lowest BCUT2D eigenvalue weighted by Gasteiger charge is -1.99. The minimum atomic E-state index is -0.398. The molecule has 0 aliphatic heterocycles. The van der Waals surface area contributed by atoms with Crippen molar-refractivity contribution in [3.63, 3.8) is 0 Å². The number of aryl methyl sites for hydroxylation is 1. The Morgan fingerprint density at radius 3 is 2.71 bits per heavy atom. The number of halogens is 2. The summed E-state index contributed by atoms with van der Waals surface area (Å²) in [5.41, 5.74) is 0.399. The summed E-state index contributed by atoms with van der Waals surface area (Å²) < 4.78 is 25.8. The van der Waals surface area contributed by atoms with Crippen molar-refractivity contribution in [1.29, 1.82) is 0 Å². The topological polar surface area (TPSA) is 0 Å². The summed E-state index contributed by atoms with van der Waals surface area (Å²) in [6.45, 7) is 1.95. The van der Waals surface area contributed by atoms with E-state index in [4.69, 9.17) is 0 Å². The highest BCUT2D eigenvalue weighted by molar-refractivity contribution is 5.19. The lowest BCUT2D eigenvalue weighted by molar-refractivity contribution is 0.585. The molecular weight excluding hydrogens is 182 g/mol. The lowest BCUT2D eigenvalue weighted by atomic mass is 10.1. The van der Waals surface area contributed by atoms with Crippen LogP contribution in [0.5, 0.6) is 0 Å². The number of benzene rings is 1. The second-order valence-corrected chi connectivity index (χ2v) is 2.94. The van der Waals surface area contributed by atoms with E-state index in [0.29, 0.717) is 18.4 Å². The van der Waals surface area contributed by atoms with Gasteiger partial charge in [0.15, 0.2) is 0 Å². The van der Waals surface area contributed by atoms with Crippen LogP contribution in [0.4, 0.5) is 8.78 Å². The molecule has 1 rings (SSSR count). The first-order valence-electron chi connectivity index (χ1n) is 4.63. The molecule has 0 atom stereocenters. The molecule has 0 bridgehead atoms. The zero-order chi connectivity index (χ0) is 10.4. The third-order valence-electron chi connectivity index (χ3n) is 1.83. The van der Waals surface area contributed by atoms with Crippen LogP contribution in [0.15, 0.2) is 18.2 Å². The third kappa shape index (κ3) is 3.18. The van der Waals surface area contributed by atoms with Crippen molar-refractivity contribution in [2.45, 2.75) is 26.2 Å². The predicted molar refractivity (Wildman–Crippen MR) is 52.7 cm³/mol. The maximum Gasteiger partial charge on any atom is 0.126 e. The third-order valence-corrected chi connectivity index (χ3v) is 1.83. The SMILES string of the molecule is CCC#CCCc1cc(F)ccc1F. The van der Waals surface area contributed by atoms with E-state index < -0.39 is 5.82 Å². The molecule has 1 aromatic carbocycles. The minimum absolute atomic E-state index is 0.357. The van der Waals surface area contributed by atoms with Crippen LogP contribution < -0.4 is 0 Å². The highest BCUT2D eigenvalue weighted by atomic mass is 19.1. The molecule has 0 nitrogen and oxygen atoms in total. The summed E-state index contributed by atoms with van der Waals surface area (Å²) in [6.07, 6.45) is 1.84. The van der Waals surface area contributed by atoms with Crippen LogP contribution in [-0.2, 0) is 6.42 Å². The van der Waals surface area contributed by atoms with E-state index >= 15 is 0 Å². The number of rotatable bonds is 2. The summed E-state index contributed by atoms with van der Waals surface area (Å²) in [6, 6.07) is 3.50. The van der Waals surface area contributed by atoms with E-state index in [-0.39, 0.29) is 5.82 Å². The lowest BCUT2D eigenvalue weighted by Crippen LogP contribution is -1.91. The summed E-state index contributed by atoms with van der Waals surface area (Å²) in [4.78, 5) is 0. The standard InChI is InChI=1S/C12H12F2/c1-2-3-4-5-6-10-9-11(13)7-8-12(10)14/h7-9H,2,5-6H2,1H3. The average Bonchev–Trinajstić information content (AvgIpc) is 2.18. The Labute approximate surface area is 83.0 Å². The van der Waals surface area contributed by atoms with Crippen LogP contribution in [0.3, 0.4) is 0 Å². The van der Waals surface area contributed by atoms with Crippen LogP contribution in [0.2, 0.25) is 0 Å². The van der Waals surface area contributed by atoms with Crippen molar-refractivity contribution < 1.29 is 8.78 Å². The Balaban J connectivity index is 2.62. The van der Waals surface area contributed by atoms with Crippen molar-refractivity contribution in [3.05, 3.63) is 35.4 Å². The van der Waals surface area contributed by atoms with E-state index in [2.05, 4.69) is 11.8 Å². The molecule has 0 aliphatic rings. The highest BCUT2D eigenvalue weighted by Crippen LogP contribution is 2.11. The Bertz CT molecular complexity index is 358. The van der Waals surface area contributed by atoms with Crippen LogP contribution >= 0.6 is 0 Å². The zero-order valence-corrected chi connectivity index (χ0v) is 8.11. The van der Waals surface area contributed by atoms with E-state index in [1.54, 1.807) is 0 Å². The van der Waals surface area contributed by atoms with Crippen LogP contribution in [-0.4, -0.2) is 0 Å². The molecule has 0 aliphatic carbocycles. The smallest absolute Gasteiger partial charge is 0.126 e. The Morgan fingerprint density at radius 2 is 2.00 bits per heavy atom.